The number of rotatable bonds is 2. The molecular formula is C9H9ClO4S. The summed E-state index contributed by atoms with van der Waals surface area (Å²) in [5.41, 5.74) is 0. The fourth-order valence-corrected chi connectivity index (χ4v) is 2.19. The van der Waals surface area contributed by atoms with E-state index in [4.69, 9.17) is 11.6 Å². The summed E-state index contributed by atoms with van der Waals surface area (Å²) in [6.07, 6.45) is 0. The molecule has 0 aliphatic rings. The first-order valence-corrected chi connectivity index (χ1v) is 6.02. The molecule has 0 amide bonds. The average molecular weight is 249 g/mol. The van der Waals surface area contributed by atoms with E-state index in [-0.39, 0.29) is 16.5 Å². The van der Waals surface area contributed by atoms with Gasteiger partial charge in [-0.1, -0.05) is 17.7 Å². The second-order valence-electron chi connectivity index (χ2n) is 2.64. The van der Waals surface area contributed by atoms with Crippen molar-refractivity contribution in [2.24, 2.45) is 0 Å². The van der Waals surface area contributed by atoms with E-state index < -0.39 is 15.1 Å². The molecule has 1 aromatic carbocycles. The van der Waals surface area contributed by atoms with Crippen LogP contribution in [0.2, 0.25) is 5.02 Å². The molecule has 0 aliphatic carbocycles. The van der Waals surface area contributed by atoms with Gasteiger partial charge in [0.25, 0.3) is 9.84 Å². The number of halogens is 1. The molecule has 15 heavy (non-hydrogen) atoms. The monoisotopic (exact) mass is 248 g/mol. The number of hydrogen-bond donors (Lipinski definition) is 0. The van der Waals surface area contributed by atoms with Crippen molar-refractivity contribution in [3.8, 4) is 0 Å². The highest BCUT2D eigenvalue weighted by Gasteiger charge is 2.26. The molecule has 0 aliphatic heterocycles. The van der Waals surface area contributed by atoms with Crippen molar-refractivity contribution in [2.75, 3.05) is 6.61 Å². The van der Waals surface area contributed by atoms with E-state index in [2.05, 4.69) is 4.74 Å². The van der Waals surface area contributed by atoms with Crippen molar-refractivity contribution < 1.29 is 17.9 Å². The summed E-state index contributed by atoms with van der Waals surface area (Å²) < 4.78 is 27.5. The lowest BCUT2D eigenvalue weighted by atomic mass is 10.4. The molecule has 0 spiro atoms. The first-order chi connectivity index (χ1) is 6.98. The molecular weight excluding hydrogens is 240 g/mol. The van der Waals surface area contributed by atoms with Gasteiger partial charge < -0.3 is 4.74 Å². The van der Waals surface area contributed by atoms with Crippen LogP contribution in [0.4, 0.5) is 4.79 Å². The molecule has 1 aromatic rings. The third-order valence-corrected chi connectivity index (χ3v) is 3.25. The molecule has 0 bridgehead atoms. The molecule has 0 heterocycles. The maximum absolute atomic E-state index is 11.5. The number of carbonyl (C=O) groups excluding carboxylic acids is 1. The largest absolute Gasteiger partial charge is 0.454 e. The quantitative estimate of drug-likeness (QED) is 0.754. The summed E-state index contributed by atoms with van der Waals surface area (Å²) in [4.78, 5) is 11.0. The Morgan fingerprint density at radius 2 is 2.13 bits per heavy atom. The van der Waals surface area contributed by atoms with Crippen LogP contribution in [0.5, 0.6) is 0 Å². The molecule has 0 saturated heterocycles. The van der Waals surface area contributed by atoms with E-state index in [9.17, 15) is 13.2 Å². The van der Waals surface area contributed by atoms with Crippen LogP contribution in [-0.4, -0.2) is 20.3 Å². The minimum absolute atomic E-state index is 0.0125. The van der Waals surface area contributed by atoms with Crippen LogP contribution in [0.3, 0.4) is 0 Å². The maximum Gasteiger partial charge on any atom is 0.429 e. The van der Waals surface area contributed by atoms with Crippen molar-refractivity contribution in [1.82, 2.24) is 0 Å². The van der Waals surface area contributed by atoms with Gasteiger partial charge in [0.05, 0.1) is 11.5 Å². The highest BCUT2D eigenvalue weighted by molar-refractivity contribution is 8.05. The topological polar surface area (TPSA) is 60.4 Å². The Bertz CT molecular complexity index is 467. The summed E-state index contributed by atoms with van der Waals surface area (Å²) in [6, 6.07) is 5.46. The lowest BCUT2D eigenvalue weighted by molar-refractivity contribution is 0.178. The lowest BCUT2D eigenvalue weighted by Gasteiger charge is -2.03. The molecule has 1 rings (SSSR count). The van der Waals surface area contributed by atoms with E-state index in [0.29, 0.717) is 0 Å². The van der Waals surface area contributed by atoms with Gasteiger partial charge in [-0.25, -0.2) is 13.2 Å². The zero-order valence-corrected chi connectivity index (χ0v) is 9.51. The maximum atomic E-state index is 11.5. The van der Waals surface area contributed by atoms with Gasteiger partial charge in [0.15, 0.2) is 0 Å². The fourth-order valence-electron chi connectivity index (χ4n) is 0.926. The first kappa shape index (κ1) is 12.0. The van der Waals surface area contributed by atoms with Crippen LogP contribution < -0.4 is 0 Å². The summed E-state index contributed by atoms with van der Waals surface area (Å²) in [7, 11) is -4.07. The Kier molecular flexibility index (Phi) is 3.71. The van der Waals surface area contributed by atoms with Gasteiger partial charge in [-0.2, -0.15) is 0 Å². The first-order valence-electron chi connectivity index (χ1n) is 4.16. The van der Waals surface area contributed by atoms with E-state index >= 15 is 0 Å². The Labute approximate surface area is 92.7 Å². The number of hydrogen-bond acceptors (Lipinski definition) is 4. The van der Waals surface area contributed by atoms with Gasteiger partial charge >= 0.3 is 5.30 Å². The van der Waals surface area contributed by atoms with Crippen molar-refractivity contribution in [3.05, 3.63) is 29.3 Å². The highest BCUT2D eigenvalue weighted by atomic mass is 35.5. The second kappa shape index (κ2) is 4.63. The number of sulfone groups is 1. The Morgan fingerprint density at radius 3 is 2.67 bits per heavy atom. The summed E-state index contributed by atoms with van der Waals surface area (Å²) in [5.74, 6) is 0. The molecule has 0 fully saturated rings. The Morgan fingerprint density at radius 1 is 1.47 bits per heavy atom. The van der Waals surface area contributed by atoms with Crippen LogP contribution in [0.25, 0.3) is 0 Å². The predicted octanol–water partition coefficient (Wildman–Crippen LogP) is 2.27. The number of ether oxygens (including phenoxy) is 1. The van der Waals surface area contributed by atoms with Gasteiger partial charge in [0.1, 0.15) is 0 Å². The molecule has 82 valence electrons. The molecule has 0 radical (unpaired) electrons. The molecule has 0 unspecified atom stereocenters. The van der Waals surface area contributed by atoms with E-state index in [1.807, 2.05) is 0 Å². The van der Waals surface area contributed by atoms with Crippen molar-refractivity contribution in [3.63, 3.8) is 0 Å². The minimum Gasteiger partial charge on any atom is -0.454 e. The lowest BCUT2D eigenvalue weighted by Crippen LogP contribution is -2.16. The van der Waals surface area contributed by atoms with Crippen LogP contribution in [0.15, 0.2) is 29.2 Å². The molecule has 0 atom stereocenters. The average Bonchev–Trinajstić information content (AvgIpc) is 2.18. The molecule has 0 N–H and O–H groups in total. The van der Waals surface area contributed by atoms with Gasteiger partial charge in [-0.3, -0.25) is 0 Å². The van der Waals surface area contributed by atoms with E-state index in [1.54, 1.807) is 0 Å². The van der Waals surface area contributed by atoms with Crippen LogP contribution in [-0.2, 0) is 14.6 Å². The van der Waals surface area contributed by atoms with Gasteiger partial charge in [0, 0.05) is 5.02 Å². The zero-order chi connectivity index (χ0) is 11.5. The molecule has 0 aromatic heterocycles. The number of carbonyl (C=O) groups is 1. The van der Waals surface area contributed by atoms with E-state index in [0.717, 1.165) is 0 Å². The third kappa shape index (κ3) is 2.70. The van der Waals surface area contributed by atoms with Crippen LogP contribution in [0.1, 0.15) is 6.92 Å². The van der Waals surface area contributed by atoms with E-state index in [1.165, 1.54) is 31.2 Å². The molecule has 4 nitrogen and oxygen atoms in total. The second-order valence-corrected chi connectivity index (χ2v) is 4.89. The highest BCUT2D eigenvalue weighted by Crippen LogP contribution is 2.17. The SMILES string of the molecule is CCOC(=O)S(=O)(=O)c1cccc(Cl)c1. The van der Waals surface area contributed by atoms with Gasteiger partial charge in [-0.15, -0.1) is 0 Å². The standard InChI is InChI=1S/C9H9ClO4S/c1-2-14-9(11)15(12,13)8-5-3-4-7(10)6-8/h3-6H,2H2,1H3. The molecule has 0 saturated carbocycles. The van der Waals surface area contributed by atoms with Gasteiger partial charge in [0.2, 0.25) is 0 Å². The summed E-state index contributed by atoms with van der Waals surface area (Å²) in [6.45, 7) is 1.55. The van der Waals surface area contributed by atoms with Crippen molar-refractivity contribution in [2.45, 2.75) is 11.8 Å². The predicted molar refractivity (Wildman–Crippen MR) is 55.7 cm³/mol. The van der Waals surface area contributed by atoms with Crippen molar-refractivity contribution >= 4 is 26.7 Å². The van der Waals surface area contributed by atoms with Gasteiger partial charge in [-0.05, 0) is 25.1 Å². The van der Waals surface area contributed by atoms with Crippen molar-refractivity contribution in [1.29, 1.82) is 0 Å². The normalized spacial score (nSPS) is 11.1. The minimum atomic E-state index is -4.07. The summed E-state index contributed by atoms with van der Waals surface area (Å²) >= 11 is 5.62. The van der Waals surface area contributed by atoms with Crippen LogP contribution in [0, 0.1) is 0 Å². The fraction of sp³-hybridized carbons (Fsp3) is 0.222. The molecule has 6 heteroatoms. The zero-order valence-electron chi connectivity index (χ0n) is 7.94. The number of benzene rings is 1. The Hall–Kier alpha value is -1.07. The van der Waals surface area contributed by atoms with Crippen LogP contribution >= 0.6 is 11.6 Å². The third-order valence-electron chi connectivity index (χ3n) is 1.59. The Balaban J connectivity index is 3.12. The summed E-state index contributed by atoms with van der Waals surface area (Å²) in [5, 5.41) is -1.01. The smallest absolute Gasteiger partial charge is 0.429 e.